The van der Waals surface area contributed by atoms with Gasteiger partial charge in [0.15, 0.2) is 5.82 Å². The van der Waals surface area contributed by atoms with Crippen LogP contribution in [0.1, 0.15) is 56.0 Å². The SMILES string of the molecule is CCn1c(Cn2ccnc2C)nnc1C1CCN(CCCC(F)(F)F)CC1. The molecule has 9 heteroatoms. The van der Waals surface area contributed by atoms with Gasteiger partial charge in [0.2, 0.25) is 0 Å². The highest BCUT2D eigenvalue weighted by atomic mass is 19.4. The molecule has 2 aromatic rings. The van der Waals surface area contributed by atoms with Gasteiger partial charge in [-0.05, 0) is 52.7 Å². The Bertz CT molecular complexity index is 728. The zero-order valence-corrected chi connectivity index (χ0v) is 15.9. The normalized spacial score (nSPS) is 16.9. The first kappa shape index (κ1) is 19.9. The first-order chi connectivity index (χ1) is 12.9. The molecule has 0 aromatic carbocycles. The number of imidazole rings is 1. The molecule has 0 spiro atoms. The predicted molar refractivity (Wildman–Crippen MR) is 95.5 cm³/mol. The molecule has 0 amide bonds. The van der Waals surface area contributed by atoms with Crippen LogP contribution in [0.2, 0.25) is 0 Å². The van der Waals surface area contributed by atoms with Crippen LogP contribution < -0.4 is 0 Å². The number of alkyl halides is 3. The van der Waals surface area contributed by atoms with Gasteiger partial charge in [-0.2, -0.15) is 13.2 Å². The van der Waals surface area contributed by atoms with Crippen LogP contribution in [-0.4, -0.2) is 55.0 Å². The van der Waals surface area contributed by atoms with Crippen LogP contribution in [0.15, 0.2) is 12.4 Å². The summed E-state index contributed by atoms with van der Waals surface area (Å²) in [4.78, 5) is 6.37. The van der Waals surface area contributed by atoms with E-state index in [1.54, 1.807) is 6.20 Å². The topological polar surface area (TPSA) is 51.8 Å². The van der Waals surface area contributed by atoms with Crippen molar-refractivity contribution >= 4 is 0 Å². The summed E-state index contributed by atoms with van der Waals surface area (Å²) in [6.07, 6.45) is 0.949. The van der Waals surface area contributed by atoms with E-state index in [1.165, 1.54) is 0 Å². The summed E-state index contributed by atoms with van der Waals surface area (Å²) >= 11 is 0. The largest absolute Gasteiger partial charge is 0.389 e. The van der Waals surface area contributed by atoms with Crippen molar-refractivity contribution in [2.75, 3.05) is 19.6 Å². The molecule has 0 radical (unpaired) electrons. The molecule has 2 aromatic heterocycles. The number of hydrogen-bond acceptors (Lipinski definition) is 4. The number of likely N-dealkylation sites (tertiary alicyclic amines) is 1. The van der Waals surface area contributed by atoms with Crippen LogP contribution in [0.25, 0.3) is 0 Å². The average Bonchev–Trinajstić information content (AvgIpc) is 3.21. The lowest BCUT2D eigenvalue weighted by Gasteiger charge is -2.31. The molecule has 0 unspecified atom stereocenters. The van der Waals surface area contributed by atoms with Gasteiger partial charge in [-0.1, -0.05) is 0 Å². The van der Waals surface area contributed by atoms with E-state index < -0.39 is 12.6 Å². The Hall–Kier alpha value is -1.90. The van der Waals surface area contributed by atoms with Crippen LogP contribution >= 0.6 is 0 Å². The van der Waals surface area contributed by atoms with Gasteiger partial charge >= 0.3 is 6.18 Å². The van der Waals surface area contributed by atoms with Crippen molar-refractivity contribution in [3.63, 3.8) is 0 Å². The van der Waals surface area contributed by atoms with Crippen LogP contribution in [0, 0.1) is 6.92 Å². The van der Waals surface area contributed by atoms with E-state index in [0.717, 1.165) is 49.9 Å². The zero-order valence-electron chi connectivity index (χ0n) is 15.9. The molecule has 0 aliphatic carbocycles. The Balaban J connectivity index is 1.57. The van der Waals surface area contributed by atoms with E-state index in [2.05, 4.69) is 31.6 Å². The first-order valence-electron chi connectivity index (χ1n) is 9.56. The summed E-state index contributed by atoms with van der Waals surface area (Å²) in [5, 5.41) is 8.85. The number of piperidine rings is 1. The van der Waals surface area contributed by atoms with Crippen LogP contribution in [-0.2, 0) is 13.1 Å². The number of rotatable bonds is 7. The third kappa shape index (κ3) is 5.09. The van der Waals surface area contributed by atoms with Crippen LogP contribution in [0.4, 0.5) is 13.2 Å². The van der Waals surface area contributed by atoms with Gasteiger partial charge in [0, 0.05) is 31.3 Å². The van der Waals surface area contributed by atoms with E-state index in [4.69, 9.17) is 0 Å². The van der Waals surface area contributed by atoms with Gasteiger partial charge in [-0.25, -0.2) is 4.98 Å². The fourth-order valence-electron chi connectivity index (χ4n) is 3.75. The molecule has 1 fully saturated rings. The van der Waals surface area contributed by atoms with Gasteiger partial charge in [0.25, 0.3) is 0 Å². The second-order valence-electron chi connectivity index (χ2n) is 7.16. The maximum atomic E-state index is 12.3. The summed E-state index contributed by atoms with van der Waals surface area (Å²) in [5.41, 5.74) is 0. The molecule has 27 heavy (non-hydrogen) atoms. The Kier molecular flexibility index (Phi) is 6.18. The lowest BCUT2D eigenvalue weighted by molar-refractivity contribution is -0.136. The van der Waals surface area contributed by atoms with E-state index in [-0.39, 0.29) is 6.42 Å². The molecule has 6 nitrogen and oxygen atoms in total. The second kappa shape index (κ2) is 8.41. The van der Waals surface area contributed by atoms with E-state index in [9.17, 15) is 13.2 Å². The third-order valence-corrected chi connectivity index (χ3v) is 5.29. The number of halogens is 3. The first-order valence-corrected chi connectivity index (χ1v) is 9.56. The molecule has 0 atom stereocenters. The minimum Gasteiger partial charge on any atom is -0.328 e. The quantitative estimate of drug-likeness (QED) is 0.734. The van der Waals surface area contributed by atoms with Crippen LogP contribution in [0.5, 0.6) is 0 Å². The molecule has 1 aliphatic rings. The molecule has 0 bridgehead atoms. The smallest absolute Gasteiger partial charge is 0.328 e. The average molecular weight is 384 g/mol. The minimum atomic E-state index is -4.06. The van der Waals surface area contributed by atoms with E-state index in [0.29, 0.717) is 19.0 Å². The van der Waals surface area contributed by atoms with Crippen molar-refractivity contribution < 1.29 is 13.2 Å². The van der Waals surface area contributed by atoms with E-state index in [1.807, 2.05) is 17.7 Å². The highest BCUT2D eigenvalue weighted by Gasteiger charge is 2.28. The lowest BCUT2D eigenvalue weighted by Crippen LogP contribution is -2.35. The molecule has 0 N–H and O–H groups in total. The summed E-state index contributed by atoms with van der Waals surface area (Å²) in [5.74, 6) is 3.17. The Morgan fingerprint density at radius 3 is 2.52 bits per heavy atom. The molecule has 1 aliphatic heterocycles. The molecule has 150 valence electrons. The lowest BCUT2D eigenvalue weighted by atomic mass is 9.95. The molecular formula is C18H27F3N6. The zero-order chi connectivity index (χ0) is 19.4. The summed E-state index contributed by atoms with van der Waals surface area (Å²) in [7, 11) is 0. The van der Waals surface area contributed by atoms with Crippen molar-refractivity contribution in [1.82, 2.24) is 29.2 Å². The van der Waals surface area contributed by atoms with E-state index >= 15 is 0 Å². The summed E-state index contributed by atoms with van der Waals surface area (Å²) < 4.78 is 41.1. The maximum Gasteiger partial charge on any atom is 0.389 e. The van der Waals surface area contributed by atoms with Crippen LogP contribution in [0.3, 0.4) is 0 Å². The number of hydrogen-bond donors (Lipinski definition) is 0. The number of nitrogens with zero attached hydrogens (tertiary/aromatic N) is 6. The van der Waals surface area contributed by atoms with Gasteiger partial charge in [0.1, 0.15) is 11.6 Å². The van der Waals surface area contributed by atoms with Gasteiger partial charge in [0.05, 0.1) is 6.54 Å². The molecule has 1 saturated heterocycles. The number of aromatic nitrogens is 5. The highest BCUT2D eigenvalue weighted by molar-refractivity contribution is 5.05. The van der Waals surface area contributed by atoms with Crippen molar-refractivity contribution in [2.24, 2.45) is 0 Å². The van der Waals surface area contributed by atoms with Crippen molar-refractivity contribution in [3.8, 4) is 0 Å². The summed E-state index contributed by atoms with van der Waals surface area (Å²) in [6, 6.07) is 0. The Morgan fingerprint density at radius 2 is 1.93 bits per heavy atom. The second-order valence-corrected chi connectivity index (χ2v) is 7.16. The molecule has 3 heterocycles. The highest BCUT2D eigenvalue weighted by Crippen LogP contribution is 2.28. The van der Waals surface area contributed by atoms with Crippen molar-refractivity contribution in [1.29, 1.82) is 0 Å². The van der Waals surface area contributed by atoms with Gasteiger partial charge < -0.3 is 14.0 Å². The predicted octanol–water partition coefficient (Wildman–Crippen LogP) is 3.37. The Labute approximate surface area is 157 Å². The minimum absolute atomic E-state index is 0.174. The number of aryl methyl sites for hydroxylation is 1. The maximum absolute atomic E-state index is 12.3. The fraction of sp³-hybridized carbons (Fsp3) is 0.722. The fourth-order valence-corrected chi connectivity index (χ4v) is 3.75. The standard InChI is InChI=1S/C18H27F3N6/c1-3-27-16(13-26-12-8-22-14(26)2)23-24-17(27)15-5-10-25(11-6-15)9-4-7-18(19,20)21/h8,12,15H,3-7,9-11,13H2,1-2H3. The van der Waals surface area contributed by atoms with Crippen molar-refractivity contribution in [2.45, 2.75) is 64.7 Å². The molecule has 0 saturated carbocycles. The third-order valence-electron chi connectivity index (χ3n) is 5.29. The Morgan fingerprint density at radius 1 is 1.19 bits per heavy atom. The van der Waals surface area contributed by atoms with Gasteiger partial charge in [-0.15, -0.1) is 10.2 Å². The van der Waals surface area contributed by atoms with Crippen molar-refractivity contribution in [3.05, 3.63) is 29.9 Å². The summed E-state index contributed by atoms with van der Waals surface area (Å²) in [6.45, 7) is 7.63. The molecule has 3 rings (SSSR count). The monoisotopic (exact) mass is 384 g/mol. The van der Waals surface area contributed by atoms with Gasteiger partial charge in [-0.3, -0.25) is 0 Å². The molecular weight excluding hydrogens is 357 g/mol.